The molecule has 2 bridgehead atoms. The van der Waals surface area contributed by atoms with Crippen molar-refractivity contribution < 1.29 is 13.9 Å². The second-order valence-electron chi connectivity index (χ2n) is 6.63. The highest BCUT2D eigenvalue weighted by atomic mass is 127. The number of hydrogen-bond donors (Lipinski definition) is 0. The maximum Gasteiger partial charge on any atom is 0.311 e. The third kappa shape index (κ3) is 4.37. The molecular formula is C19H22FI2NO2. The lowest BCUT2D eigenvalue weighted by Crippen LogP contribution is -2.51. The normalized spacial score (nSPS) is 29.2. The molecule has 1 aromatic carbocycles. The van der Waals surface area contributed by atoms with Gasteiger partial charge in [-0.2, -0.15) is 0 Å². The molecule has 2 saturated heterocycles. The molecular weight excluding hydrogens is 547 g/mol. The summed E-state index contributed by atoms with van der Waals surface area (Å²) in [5.74, 6) is -0.301. The smallest absolute Gasteiger partial charge is 0.311 e. The second kappa shape index (κ2) is 9.12. The van der Waals surface area contributed by atoms with Crippen LogP contribution in [0.4, 0.5) is 4.39 Å². The van der Waals surface area contributed by atoms with Gasteiger partial charge < -0.3 is 4.74 Å². The van der Waals surface area contributed by atoms with Gasteiger partial charge in [0.2, 0.25) is 0 Å². The molecule has 1 aromatic rings. The molecule has 0 unspecified atom stereocenters. The highest BCUT2D eigenvalue weighted by Gasteiger charge is 2.50. The minimum Gasteiger partial charge on any atom is -0.463 e. The molecule has 3 nitrogen and oxygen atoms in total. The molecule has 2 aliphatic rings. The molecule has 2 fully saturated rings. The summed E-state index contributed by atoms with van der Waals surface area (Å²) in [5, 5.41) is 0. The quantitative estimate of drug-likeness (QED) is 0.368. The van der Waals surface area contributed by atoms with Crippen molar-refractivity contribution in [2.45, 2.75) is 37.3 Å². The van der Waals surface area contributed by atoms with Crippen LogP contribution in [0, 0.1) is 9.49 Å². The topological polar surface area (TPSA) is 29.5 Å². The van der Waals surface area contributed by atoms with Gasteiger partial charge in [0, 0.05) is 28.1 Å². The number of esters is 1. The summed E-state index contributed by atoms with van der Waals surface area (Å²) in [4.78, 5) is 15.2. The van der Waals surface area contributed by atoms with E-state index in [1.807, 2.05) is 4.08 Å². The minimum absolute atomic E-state index is 0.140. The lowest BCUT2D eigenvalue weighted by atomic mass is 9.76. The Labute approximate surface area is 175 Å². The number of piperidine rings is 1. The van der Waals surface area contributed by atoms with E-state index in [9.17, 15) is 9.18 Å². The first kappa shape index (κ1) is 19.5. The van der Waals surface area contributed by atoms with Crippen LogP contribution in [0.1, 0.15) is 30.7 Å². The predicted molar refractivity (Wildman–Crippen MR) is 114 cm³/mol. The first-order valence-electron chi connectivity index (χ1n) is 8.64. The monoisotopic (exact) mass is 569 g/mol. The predicted octanol–water partition coefficient (Wildman–Crippen LogP) is 4.69. The maximum absolute atomic E-state index is 12.8. The third-order valence-corrected chi connectivity index (χ3v) is 6.59. The largest absolute Gasteiger partial charge is 0.463 e. The Hall–Kier alpha value is -0.220. The Bertz CT molecular complexity index is 622. The zero-order chi connectivity index (χ0) is 17.8. The summed E-state index contributed by atoms with van der Waals surface area (Å²) < 4.78 is 21.0. The van der Waals surface area contributed by atoms with Gasteiger partial charge in [0.05, 0.1) is 5.92 Å². The fourth-order valence-corrected chi connectivity index (χ4v) is 4.96. The van der Waals surface area contributed by atoms with E-state index in [0.29, 0.717) is 6.04 Å². The molecule has 3 rings (SSSR count). The van der Waals surface area contributed by atoms with Crippen LogP contribution in [0.3, 0.4) is 0 Å². The molecule has 4 atom stereocenters. The van der Waals surface area contributed by atoms with E-state index in [4.69, 9.17) is 4.74 Å². The van der Waals surface area contributed by atoms with Gasteiger partial charge in [-0.3, -0.25) is 9.69 Å². The molecule has 25 heavy (non-hydrogen) atoms. The maximum atomic E-state index is 12.8. The van der Waals surface area contributed by atoms with Gasteiger partial charge in [-0.05, 0) is 63.6 Å². The van der Waals surface area contributed by atoms with Crippen molar-refractivity contribution in [2.75, 3.05) is 19.8 Å². The lowest BCUT2D eigenvalue weighted by molar-refractivity contribution is -0.154. The fraction of sp³-hybridized carbons (Fsp3) is 0.526. The number of rotatable bonds is 6. The van der Waals surface area contributed by atoms with Crippen molar-refractivity contribution in [3.05, 3.63) is 43.6 Å². The Morgan fingerprint density at radius 1 is 1.32 bits per heavy atom. The molecule has 2 aliphatic heterocycles. The molecule has 6 heteroatoms. The van der Waals surface area contributed by atoms with E-state index in [-0.39, 0.29) is 30.5 Å². The summed E-state index contributed by atoms with van der Waals surface area (Å²) in [5.41, 5.74) is 1.20. The van der Waals surface area contributed by atoms with Crippen LogP contribution in [0.25, 0.3) is 0 Å². The van der Waals surface area contributed by atoms with E-state index in [0.717, 1.165) is 25.8 Å². The standard InChI is InChI=1S/C19H22FI2NO2/c20-8-11-25-19(24)18-16(13-2-4-14(22)5-3-13)12-15-6-7-17(18)23(15)10-1-9-21/h1-5,9,15-18H,6-8,10-12H2/b9-1+/t15-,16+,17+,18-/m0/s1. The van der Waals surface area contributed by atoms with Crippen LogP contribution in [-0.4, -0.2) is 42.8 Å². The molecule has 0 saturated carbocycles. The Morgan fingerprint density at radius 3 is 2.76 bits per heavy atom. The highest BCUT2D eigenvalue weighted by molar-refractivity contribution is 14.1. The van der Waals surface area contributed by atoms with Gasteiger partial charge in [0.15, 0.2) is 0 Å². The molecule has 0 aliphatic carbocycles. The first-order chi connectivity index (χ1) is 12.2. The Kier molecular flexibility index (Phi) is 7.13. The van der Waals surface area contributed by atoms with E-state index in [2.05, 4.69) is 80.4 Å². The van der Waals surface area contributed by atoms with Crippen molar-refractivity contribution in [1.82, 2.24) is 4.90 Å². The van der Waals surface area contributed by atoms with Gasteiger partial charge in [-0.1, -0.05) is 40.8 Å². The molecule has 0 N–H and O–H groups in total. The molecule has 0 radical (unpaired) electrons. The SMILES string of the molecule is O=C(OCCF)[C@H]1[C@@H](c2ccc(I)cc2)C[C@@H]2CC[C@H]1N2C/C=C/I. The van der Waals surface area contributed by atoms with Crippen LogP contribution in [0.2, 0.25) is 0 Å². The summed E-state index contributed by atoms with van der Waals surface area (Å²) >= 11 is 4.52. The number of fused-ring (bicyclic) bond motifs is 2. The number of benzene rings is 1. The number of ether oxygens (including phenoxy) is 1. The number of carbonyl (C=O) groups is 1. The van der Waals surface area contributed by atoms with Crippen LogP contribution in [0.15, 0.2) is 34.4 Å². The molecule has 0 amide bonds. The van der Waals surface area contributed by atoms with Crippen LogP contribution >= 0.6 is 45.2 Å². The molecule has 0 spiro atoms. The van der Waals surface area contributed by atoms with Gasteiger partial charge in [0.1, 0.15) is 13.3 Å². The lowest BCUT2D eigenvalue weighted by Gasteiger charge is -2.43. The van der Waals surface area contributed by atoms with Gasteiger partial charge in [-0.15, -0.1) is 0 Å². The first-order valence-corrected chi connectivity index (χ1v) is 11.0. The molecule has 2 heterocycles. The highest BCUT2D eigenvalue weighted by Crippen LogP contribution is 2.47. The van der Waals surface area contributed by atoms with E-state index >= 15 is 0 Å². The van der Waals surface area contributed by atoms with Gasteiger partial charge in [-0.25, -0.2) is 4.39 Å². The van der Waals surface area contributed by atoms with Crippen molar-refractivity contribution in [1.29, 1.82) is 0 Å². The summed E-state index contributed by atoms with van der Waals surface area (Å²) in [7, 11) is 0. The van der Waals surface area contributed by atoms with Crippen molar-refractivity contribution >= 4 is 51.2 Å². The number of hydrogen-bond acceptors (Lipinski definition) is 3. The zero-order valence-electron chi connectivity index (χ0n) is 13.9. The average Bonchev–Trinajstić information content (AvgIpc) is 2.89. The summed E-state index contributed by atoms with van der Waals surface area (Å²) in [6, 6.07) is 9.12. The van der Waals surface area contributed by atoms with Crippen LogP contribution in [0.5, 0.6) is 0 Å². The fourth-order valence-electron chi connectivity index (χ4n) is 4.37. The van der Waals surface area contributed by atoms with E-state index in [1.54, 1.807) is 0 Å². The number of carbonyl (C=O) groups excluding carboxylic acids is 1. The third-order valence-electron chi connectivity index (χ3n) is 5.36. The van der Waals surface area contributed by atoms with Crippen molar-refractivity contribution in [3.63, 3.8) is 0 Å². The van der Waals surface area contributed by atoms with Crippen LogP contribution < -0.4 is 0 Å². The summed E-state index contributed by atoms with van der Waals surface area (Å²) in [6.07, 6.45) is 5.23. The number of alkyl halides is 1. The van der Waals surface area contributed by atoms with E-state index < -0.39 is 6.67 Å². The van der Waals surface area contributed by atoms with E-state index in [1.165, 1.54) is 9.13 Å². The van der Waals surface area contributed by atoms with Crippen LogP contribution in [-0.2, 0) is 9.53 Å². The van der Waals surface area contributed by atoms with Gasteiger partial charge >= 0.3 is 5.97 Å². The van der Waals surface area contributed by atoms with Crippen molar-refractivity contribution in [3.8, 4) is 0 Å². The minimum atomic E-state index is -0.624. The Morgan fingerprint density at radius 2 is 2.08 bits per heavy atom. The average molecular weight is 569 g/mol. The van der Waals surface area contributed by atoms with Crippen molar-refractivity contribution in [2.24, 2.45) is 5.92 Å². The molecule has 136 valence electrons. The second-order valence-corrected chi connectivity index (χ2v) is 8.60. The Balaban J connectivity index is 1.88. The number of halogens is 3. The number of nitrogens with zero attached hydrogens (tertiary/aromatic N) is 1. The van der Waals surface area contributed by atoms with Gasteiger partial charge in [0.25, 0.3) is 0 Å². The molecule has 0 aromatic heterocycles. The zero-order valence-corrected chi connectivity index (χ0v) is 18.2. The summed E-state index contributed by atoms with van der Waals surface area (Å²) in [6.45, 7) is 0.102.